The summed E-state index contributed by atoms with van der Waals surface area (Å²) in [6, 6.07) is 7.29. The summed E-state index contributed by atoms with van der Waals surface area (Å²) < 4.78 is 16.5. The molecule has 0 aromatic carbocycles. The maximum atomic E-state index is 13.2. The summed E-state index contributed by atoms with van der Waals surface area (Å²) in [7, 11) is 3.88. The fourth-order valence-electron chi connectivity index (χ4n) is 3.60. The van der Waals surface area contributed by atoms with Crippen molar-refractivity contribution in [3.8, 4) is 11.3 Å². The summed E-state index contributed by atoms with van der Waals surface area (Å²) in [6.45, 7) is 5.91. The fraction of sp³-hybridized carbons (Fsp3) is 0.318. The first kappa shape index (κ1) is 19.9. The molecule has 1 N–H and O–H groups in total. The molecule has 4 aromatic heterocycles. The van der Waals surface area contributed by atoms with Gasteiger partial charge in [0.2, 0.25) is 0 Å². The second kappa shape index (κ2) is 7.79. The second-order valence-corrected chi connectivity index (χ2v) is 7.53. The topological polar surface area (TPSA) is 97.5 Å². The lowest BCUT2D eigenvalue weighted by Gasteiger charge is -2.22. The van der Waals surface area contributed by atoms with Gasteiger partial charge in [0, 0.05) is 12.1 Å². The zero-order valence-electron chi connectivity index (χ0n) is 17.6. The summed E-state index contributed by atoms with van der Waals surface area (Å²) in [5.41, 5.74) is 2.82. The molecule has 8 nitrogen and oxygen atoms in total. The molecule has 0 saturated carbocycles. The monoisotopic (exact) mass is 408 g/mol. The van der Waals surface area contributed by atoms with Crippen molar-refractivity contribution in [2.75, 3.05) is 20.6 Å². The molecular formula is C22H24N4O4. The Morgan fingerprint density at radius 1 is 1.23 bits per heavy atom. The number of aryl methyl sites for hydroxylation is 3. The van der Waals surface area contributed by atoms with Crippen LogP contribution in [0.4, 0.5) is 0 Å². The van der Waals surface area contributed by atoms with Crippen LogP contribution in [0.1, 0.15) is 39.4 Å². The summed E-state index contributed by atoms with van der Waals surface area (Å²) in [5.74, 6) is 2.06. The highest BCUT2D eigenvalue weighted by molar-refractivity contribution is 6.07. The van der Waals surface area contributed by atoms with Crippen molar-refractivity contribution in [1.82, 2.24) is 20.4 Å². The number of pyridine rings is 1. The molecule has 0 fully saturated rings. The number of furan rings is 2. The molecule has 0 aliphatic carbocycles. The standard InChI is InChI=1S/C22H24N4O4/c1-12-9-15(14(3)29-12)17-10-16(20-13(2)25-30-22(20)24-17)21(27)23-11-18(26(4)5)19-7-6-8-28-19/h6-10,18H,11H2,1-5H3,(H,23,27). The molecule has 0 aliphatic rings. The molecule has 30 heavy (non-hydrogen) atoms. The van der Waals surface area contributed by atoms with Crippen LogP contribution in [-0.2, 0) is 0 Å². The molecule has 4 rings (SSSR count). The van der Waals surface area contributed by atoms with Crippen molar-refractivity contribution >= 4 is 17.0 Å². The van der Waals surface area contributed by atoms with Crippen molar-refractivity contribution in [2.24, 2.45) is 0 Å². The van der Waals surface area contributed by atoms with Gasteiger partial charge in [-0.05, 0) is 59.1 Å². The number of hydrogen-bond acceptors (Lipinski definition) is 7. The highest BCUT2D eigenvalue weighted by Crippen LogP contribution is 2.30. The molecule has 0 aliphatic heterocycles. The maximum absolute atomic E-state index is 13.2. The van der Waals surface area contributed by atoms with Crippen LogP contribution < -0.4 is 5.32 Å². The molecule has 0 saturated heterocycles. The van der Waals surface area contributed by atoms with Gasteiger partial charge in [0.1, 0.15) is 17.3 Å². The highest BCUT2D eigenvalue weighted by atomic mass is 16.5. The third kappa shape index (κ3) is 3.61. The van der Waals surface area contributed by atoms with Gasteiger partial charge in [-0.15, -0.1) is 0 Å². The SMILES string of the molecule is Cc1cc(-c2cc(C(=O)NCC(c3ccco3)N(C)C)c3c(C)noc3n2)c(C)o1. The van der Waals surface area contributed by atoms with Crippen LogP contribution in [0.3, 0.4) is 0 Å². The number of likely N-dealkylation sites (N-methyl/N-ethyl adjacent to an activating group) is 1. The van der Waals surface area contributed by atoms with Crippen LogP contribution in [0.5, 0.6) is 0 Å². The predicted octanol–water partition coefficient (Wildman–Crippen LogP) is 4.03. The third-order valence-electron chi connectivity index (χ3n) is 5.13. The molecule has 0 spiro atoms. The Morgan fingerprint density at radius 2 is 2.03 bits per heavy atom. The van der Waals surface area contributed by atoms with E-state index in [1.165, 1.54) is 0 Å². The van der Waals surface area contributed by atoms with Crippen LogP contribution in [0.25, 0.3) is 22.4 Å². The van der Waals surface area contributed by atoms with Crippen LogP contribution >= 0.6 is 0 Å². The summed E-state index contributed by atoms with van der Waals surface area (Å²) >= 11 is 0. The van der Waals surface area contributed by atoms with Crippen LogP contribution in [0, 0.1) is 20.8 Å². The zero-order chi connectivity index (χ0) is 21.4. The van der Waals surface area contributed by atoms with Gasteiger partial charge < -0.3 is 18.7 Å². The highest BCUT2D eigenvalue weighted by Gasteiger charge is 2.23. The molecular weight excluding hydrogens is 384 g/mol. The number of amides is 1. The molecule has 8 heteroatoms. The van der Waals surface area contributed by atoms with E-state index in [1.54, 1.807) is 19.3 Å². The van der Waals surface area contributed by atoms with Gasteiger partial charge in [0.15, 0.2) is 0 Å². The van der Waals surface area contributed by atoms with Crippen molar-refractivity contribution in [1.29, 1.82) is 0 Å². The van der Waals surface area contributed by atoms with E-state index in [9.17, 15) is 4.79 Å². The smallest absolute Gasteiger partial charge is 0.259 e. The number of carbonyl (C=O) groups excluding carboxylic acids is 1. The summed E-state index contributed by atoms with van der Waals surface area (Å²) in [5, 5.41) is 7.62. The molecule has 1 unspecified atom stereocenters. The summed E-state index contributed by atoms with van der Waals surface area (Å²) in [4.78, 5) is 19.7. The Kier molecular flexibility index (Phi) is 5.17. The van der Waals surface area contributed by atoms with E-state index in [2.05, 4.69) is 15.5 Å². The minimum Gasteiger partial charge on any atom is -0.468 e. The average molecular weight is 408 g/mol. The van der Waals surface area contributed by atoms with Gasteiger partial charge in [0.25, 0.3) is 11.6 Å². The van der Waals surface area contributed by atoms with Gasteiger partial charge >= 0.3 is 0 Å². The molecule has 156 valence electrons. The van der Waals surface area contributed by atoms with E-state index in [1.807, 2.05) is 51.0 Å². The van der Waals surface area contributed by atoms with Gasteiger partial charge in [-0.3, -0.25) is 9.69 Å². The normalized spacial score (nSPS) is 12.6. The average Bonchev–Trinajstić information content (AvgIpc) is 3.42. The number of rotatable bonds is 6. The van der Waals surface area contributed by atoms with Crippen LogP contribution in [-0.4, -0.2) is 41.6 Å². The second-order valence-electron chi connectivity index (χ2n) is 7.53. The Labute approximate surface area is 173 Å². The predicted molar refractivity (Wildman–Crippen MR) is 111 cm³/mol. The quantitative estimate of drug-likeness (QED) is 0.514. The fourth-order valence-corrected chi connectivity index (χ4v) is 3.60. The van der Waals surface area contributed by atoms with Crippen molar-refractivity contribution in [3.05, 3.63) is 59.1 Å². The number of aromatic nitrogens is 2. The minimum absolute atomic E-state index is 0.0944. The van der Waals surface area contributed by atoms with Crippen LogP contribution in [0.2, 0.25) is 0 Å². The summed E-state index contributed by atoms with van der Waals surface area (Å²) in [6.07, 6.45) is 1.63. The lowest BCUT2D eigenvalue weighted by Crippen LogP contribution is -2.34. The third-order valence-corrected chi connectivity index (χ3v) is 5.13. The number of nitrogens with zero attached hydrogens (tertiary/aromatic N) is 3. The largest absolute Gasteiger partial charge is 0.468 e. The van der Waals surface area contributed by atoms with Crippen LogP contribution in [0.15, 0.2) is 43.9 Å². The van der Waals surface area contributed by atoms with Crippen molar-refractivity contribution in [3.63, 3.8) is 0 Å². The molecule has 0 bridgehead atoms. The van der Waals surface area contributed by atoms with E-state index in [4.69, 9.17) is 13.4 Å². The van der Waals surface area contributed by atoms with Gasteiger partial charge in [-0.2, -0.15) is 0 Å². The van der Waals surface area contributed by atoms with E-state index in [-0.39, 0.29) is 11.9 Å². The molecule has 4 aromatic rings. The Balaban J connectivity index is 1.69. The Hall–Kier alpha value is -3.39. The van der Waals surface area contributed by atoms with E-state index in [0.29, 0.717) is 34.6 Å². The first-order chi connectivity index (χ1) is 14.3. The van der Waals surface area contributed by atoms with E-state index < -0.39 is 0 Å². The number of hydrogen-bond donors (Lipinski definition) is 1. The Bertz CT molecular complexity index is 1190. The van der Waals surface area contributed by atoms with Crippen molar-refractivity contribution in [2.45, 2.75) is 26.8 Å². The van der Waals surface area contributed by atoms with E-state index in [0.717, 1.165) is 22.8 Å². The Morgan fingerprint density at radius 3 is 2.67 bits per heavy atom. The molecule has 0 radical (unpaired) electrons. The lowest BCUT2D eigenvalue weighted by molar-refractivity contribution is 0.0940. The van der Waals surface area contributed by atoms with Gasteiger partial charge in [0.05, 0.1) is 34.6 Å². The number of fused-ring (bicyclic) bond motifs is 1. The maximum Gasteiger partial charge on any atom is 0.259 e. The zero-order valence-corrected chi connectivity index (χ0v) is 17.6. The molecule has 1 atom stereocenters. The first-order valence-corrected chi connectivity index (χ1v) is 9.67. The first-order valence-electron chi connectivity index (χ1n) is 9.67. The number of carbonyl (C=O) groups is 1. The van der Waals surface area contributed by atoms with E-state index >= 15 is 0 Å². The lowest BCUT2D eigenvalue weighted by atomic mass is 10.1. The molecule has 4 heterocycles. The van der Waals surface area contributed by atoms with Gasteiger partial charge in [-0.1, -0.05) is 5.16 Å². The minimum atomic E-state index is -0.230. The van der Waals surface area contributed by atoms with Crippen molar-refractivity contribution < 1.29 is 18.2 Å². The van der Waals surface area contributed by atoms with Gasteiger partial charge in [-0.25, -0.2) is 4.98 Å². The molecule has 1 amide bonds. The number of nitrogens with one attached hydrogen (secondary N) is 1.